The van der Waals surface area contributed by atoms with E-state index >= 15 is 0 Å². The average molecular weight is 240 g/mol. The third-order valence-electron chi connectivity index (χ3n) is 3.87. The van der Waals surface area contributed by atoms with Crippen LogP contribution in [0.4, 0.5) is 0 Å². The van der Waals surface area contributed by atoms with Crippen LogP contribution in [0, 0.1) is 5.92 Å². The summed E-state index contributed by atoms with van der Waals surface area (Å²) < 4.78 is 0. The maximum absolute atomic E-state index is 11.6. The zero-order chi connectivity index (χ0) is 12.3. The molecule has 1 saturated carbocycles. The van der Waals surface area contributed by atoms with Crippen LogP contribution in [-0.4, -0.2) is 59.6 Å². The fraction of sp³-hybridized carbons (Fsp3) is 0.923. The number of likely N-dealkylation sites (tertiary alicyclic amines) is 1. The number of carbonyl (C=O) groups is 1. The van der Waals surface area contributed by atoms with Gasteiger partial charge in [-0.15, -0.1) is 0 Å². The first kappa shape index (κ1) is 12.8. The Bertz CT molecular complexity index is 264. The minimum atomic E-state index is 0.229. The molecule has 2 aliphatic rings. The maximum atomic E-state index is 11.6. The van der Waals surface area contributed by atoms with E-state index in [9.17, 15) is 4.79 Å². The van der Waals surface area contributed by atoms with Gasteiger partial charge < -0.3 is 14.9 Å². The number of piperidine rings is 1. The van der Waals surface area contributed by atoms with Crippen molar-refractivity contribution in [1.82, 2.24) is 9.80 Å². The van der Waals surface area contributed by atoms with Crippen LogP contribution in [0.15, 0.2) is 0 Å². The lowest BCUT2D eigenvalue weighted by Crippen LogP contribution is -2.43. The molecule has 1 N–H and O–H groups in total. The molecule has 0 aromatic heterocycles. The molecule has 1 saturated heterocycles. The Balaban J connectivity index is 1.82. The lowest BCUT2D eigenvalue weighted by Gasteiger charge is -2.35. The van der Waals surface area contributed by atoms with Crippen molar-refractivity contribution in [3.63, 3.8) is 0 Å². The SMILES string of the molecule is CC(=O)N(C[C@H]1CCCN(CCO)C1)C1CC1. The van der Waals surface area contributed by atoms with Crippen LogP contribution in [0.2, 0.25) is 0 Å². The Hall–Kier alpha value is -0.610. The number of hydrogen-bond donors (Lipinski definition) is 1. The predicted octanol–water partition coefficient (Wildman–Crippen LogP) is 0.702. The van der Waals surface area contributed by atoms with Gasteiger partial charge in [0.2, 0.25) is 5.91 Å². The van der Waals surface area contributed by atoms with Crippen molar-refractivity contribution in [1.29, 1.82) is 0 Å². The van der Waals surface area contributed by atoms with Crippen LogP contribution in [0.1, 0.15) is 32.6 Å². The minimum absolute atomic E-state index is 0.229. The molecule has 4 heteroatoms. The van der Waals surface area contributed by atoms with Crippen molar-refractivity contribution >= 4 is 5.91 Å². The molecular formula is C13H24N2O2. The zero-order valence-corrected chi connectivity index (χ0v) is 10.8. The van der Waals surface area contributed by atoms with Crippen molar-refractivity contribution in [3.8, 4) is 0 Å². The van der Waals surface area contributed by atoms with Crippen LogP contribution in [-0.2, 0) is 4.79 Å². The molecular weight excluding hydrogens is 216 g/mol. The number of nitrogens with zero attached hydrogens (tertiary/aromatic N) is 2. The van der Waals surface area contributed by atoms with Crippen LogP contribution >= 0.6 is 0 Å². The molecule has 0 unspecified atom stereocenters. The van der Waals surface area contributed by atoms with Gasteiger partial charge in [-0.2, -0.15) is 0 Å². The third kappa shape index (κ3) is 3.68. The van der Waals surface area contributed by atoms with Crippen molar-refractivity contribution in [2.24, 2.45) is 5.92 Å². The van der Waals surface area contributed by atoms with Gasteiger partial charge in [-0.3, -0.25) is 4.79 Å². The normalized spacial score (nSPS) is 25.9. The second-order valence-corrected chi connectivity index (χ2v) is 5.44. The summed E-state index contributed by atoms with van der Waals surface area (Å²) in [5.74, 6) is 0.826. The van der Waals surface area contributed by atoms with E-state index in [1.54, 1.807) is 6.92 Å². The van der Waals surface area contributed by atoms with Crippen molar-refractivity contribution in [3.05, 3.63) is 0 Å². The second kappa shape index (κ2) is 5.83. The van der Waals surface area contributed by atoms with E-state index in [1.165, 1.54) is 25.7 Å². The number of rotatable bonds is 5. The molecule has 0 radical (unpaired) electrons. The van der Waals surface area contributed by atoms with Gasteiger partial charge in [0.15, 0.2) is 0 Å². The Morgan fingerprint density at radius 2 is 2.18 bits per heavy atom. The van der Waals surface area contributed by atoms with Gasteiger partial charge in [-0.1, -0.05) is 0 Å². The Kier molecular flexibility index (Phi) is 4.40. The molecule has 1 amide bonds. The summed E-state index contributed by atoms with van der Waals surface area (Å²) in [6.07, 6.45) is 4.79. The highest BCUT2D eigenvalue weighted by Crippen LogP contribution is 2.29. The minimum Gasteiger partial charge on any atom is -0.395 e. The Morgan fingerprint density at radius 3 is 2.76 bits per heavy atom. The molecule has 4 nitrogen and oxygen atoms in total. The molecule has 98 valence electrons. The number of β-amino-alcohol motifs (C(OH)–C–C–N with tert-alkyl or cyclic N) is 1. The van der Waals surface area contributed by atoms with Crippen molar-refractivity contribution in [2.45, 2.75) is 38.6 Å². The van der Waals surface area contributed by atoms with Gasteiger partial charge in [0.05, 0.1) is 6.61 Å². The molecule has 2 fully saturated rings. The van der Waals surface area contributed by atoms with Gasteiger partial charge in [0, 0.05) is 32.6 Å². The molecule has 1 aliphatic carbocycles. The summed E-state index contributed by atoms with van der Waals surface area (Å²) in [6, 6.07) is 0.528. The van der Waals surface area contributed by atoms with E-state index in [0.29, 0.717) is 12.0 Å². The van der Waals surface area contributed by atoms with Gasteiger partial charge in [0.25, 0.3) is 0 Å². The summed E-state index contributed by atoms with van der Waals surface area (Å²) >= 11 is 0. The molecule has 1 heterocycles. The van der Waals surface area contributed by atoms with Crippen molar-refractivity contribution < 1.29 is 9.90 Å². The van der Waals surface area contributed by atoms with E-state index in [-0.39, 0.29) is 12.5 Å². The predicted molar refractivity (Wildman–Crippen MR) is 66.7 cm³/mol. The highest BCUT2D eigenvalue weighted by molar-refractivity contribution is 5.74. The topological polar surface area (TPSA) is 43.8 Å². The number of aliphatic hydroxyl groups is 1. The molecule has 0 aromatic carbocycles. The quantitative estimate of drug-likeness (QED) is 0.769. The van der Waals surface area contributed by atoms with Gasteiger partial charge in [-0.05, 0) is 38.1 Å². The Labute approximate surface area is 104 Å². The lowest BCUT2D eigenvalue weighted by atomic mass is 9.97. The summed E-state index contributed by atoms with van der Waals surface area (Å²) in [6.45, 7) is 5.76. The number of aliphatic hydroxyl groups excluding tert-OH is 1. The first-order valence-corrected chi connectivity index (χ1v) is 6.81. The van der Waals surface area contributed by atoms with Crippen LogP contribution in [0.25, 0.3) is 0 Å². The summed E-state index contributed by atoms with van der Waals surface area (Å²) in [5.41, 5.74) is 0. The molecule has 0 bridgehead atoms. The zero-order valence-electron chi connectivity index (χ0n) is 10.8. The molecule has 0 spiro atoms. The van der Waals surface area contributed by atoms with E-state index in [4.69, 9.17) is 5.11 Å². The van der Waals surface area contributed by atoms with Crippen LogP contribution in [0.5, 0.6) is 0 Å². The number of amides is 1. The molecule has 1 atom stereocenters. The van der Waals surface area contributed by atoms with Gasteiger partial charge >= 0.3 is 0 Å². The standard InChI is InChI=1S/C13H24N2O2/c1-11(17)15(13-4-5-13)10-12-3-2-6-14(9-12)7-8-16/h12-13,16H,2-10H2,1H3/t12-/m0/s1. The van der Waals surface area contributed by atoms with Gasteiger partial charge in [0.1, 0.15) is 0 Å². The highest BCUT2D eigenvalue weighted by atomic mass is 16.3. The Morgan fingerprint density at radius 1 is 1.41 bits per heavy atom. The largest absolute Gasteiger partial charge is 0.395 e. The van der Waals surface area contributed by atoms with Crippen LogP contribution in [0.3, 0.4) is 0 Å². The van der Waals surface area contributed by atoms with E-state index in [0.717, 1.165) is 26.2 Å². The first-order chi connectivity index (χ1) is 8.20. The van der Waals surface area contributed by atoms with Crippen LogP contribution < -0.4 is 0 Å². The van der Waals surface area contributed by atoms with E-state index in [2.05, 4.69) is 9.80 Å². The average Bonchev–Trinajstić information content (AvgIpc) is 3.10. The third-order valence-corrected chi connectivity index (χ3v) is 3.87. The number of carbonyl (C=O) groups excluding carboxylic acids is 1. The first-order valence-electron chi connectivity index (χ1n) is 6.81. The fourth-order valence-corrected chi connectivity index (χ4v) is 2.84. The van der Waals surface area contributed by atoms with Crippen molar-refractivity contribution in [2.75, 3.05) is 32.8 Å². The lowest BCUT2D eigenvalue weighted by molar-refractivity contribution is -0.130. The monoisotopic (exact) mass is 240 g/mol. The highest BCUT2D eigenvalue weighted by Gasteiger charge is 2.33. The number of hydrogen-bond acceptors (Lipinski definition) is 3. The summed E-state index contributed by atoms with van der Waals surface area (Å²) in [5, 5.41) is 8.97. The molecule has 17 heavy (non-hydrogen) atoms. The summed E-state index contributed by atoms with van der Waals surface area (Å²) in [7, 11) is 0. The molecule has 1 aliphatic heterocycles. The summed E-state index contributed by atoms with van der Waals surface area (Å²) in [4.78, 5) is 16.0. The van der Waals surface area contributed by atoms with Gasteiger partial charge in [-0.25, -0.2) is 0 Å². The van der Waals surface area contributed by atoms with E-state index < -0.39 is 0 Å². The molecule has 2 rings (SSSR count). The fourth-order valence-electron chi connectivity index (χ4n) is 2.84. The smallest absolute Gasteiger partial charge is 0.219 e. The second-order valence-electron chi connectivity index (χ2n) is 5.44. The molecule has 0 aromatic rings. The maximum Gasteiger partial charge on any atom is 0.219 e. The van der Waals surface area contributed by atoms with E-state index in [1.807, 2.05) is 0 Å².